The largest absolute Gasteiger partial charge is 0.444 e. The highest BCUT2D eigenvalue weighted by atomic mass is 16.6. The molecule has 12 heteroatoms. The molecule has 3 aromatic heterocycles. The zero-order valence-corrected chi connectivity index (χ0v) is 22.3. The highest BCUT2D eigenvalue weighted by Gasteiger charge is 2.26. The first-order valence-corrected chi connectivity index (χ1v) is 13.4. The van der Waals surface area contributed by atoms with Crippen LogP contribution in [0.1, 0.15) is 70.9 Å². The first-order chi connectivity index (χ1) is 18.2. The topological polar surface area (TPSA) is 142 Å². The van der Waals surface area contributed by atoms with Crippen LogP contribution in [0.5, 0.6) is 0 Å². The number of aromatic nitrogens is 5. The number of fused-ring (bicyclic) bond motifs is 1. The quantitative estimate of drug-likeness (QED) is 0.313. The Labute approximate surface area is 221 Å². The number of nitrogens with zero attached hydrogens (tertiary/aromatic N) is 5. The number of rotatable bonds is 9. The van der Waals surface area contributed by atoms with Gasteiger partial charge in [0.05, 0.1) is 0 Å². The van der Waals surface area contributed by atoms with Gasteiger partial charge in [0.15, 0.2) is 5.82 Å². The number of nitrogens with one attached hydrogen (secondary N) is 4. The average Bonchev–Trinajstić information content (AvgIpc) is 3.41. The molecule has 1 aliphatic carbocycles. The summed E-state index contributed by atoms with van der Waals surface area (Å²) in [6.45, 7) is 7.34. The summed E-state index contributed by atoms with van der Waals surface area (Å²) in [6.07, 6.45) is 6.43. The molecule has 12 nitrogen and oxygen atoms in total. The molecule has 1 saturated carbocycles. The maximum atomic E-state index is 12.4. The van der Waals surface area contributed by atoms with E-state index >= 15 is 0 Å². The monoisotopic (exact) mass is 523 g/mol. The highest BCUT2D eigenvalue weighted by Crippen LogP contribution is 2.39. The van der Waals surface area contributed by atoms with Gasteiger partial charge in [0.1, 0.15) is 11.2 Å². The minimum atomic E-state index is -0.535. The van der Waals surface area contributed by atoms with Crippen LogP contribution < -0.4 is 20.9 Å². The summed E-state index contributed by atoms with van der Waals surface area (Å²) in [5.74, 6) is 2.67. The summed E-state index contributed by atoms with van der Waals surface area (Å²) < 4.78 is 7.12. The van der Waals surface area contributed by atoms with Gasteiger partial charge < -0.3 is 25.6 Å². The van der Waals surface area contributed by atoms with E-state index in [0.717, 1.165) is 43.1 Å². The molecule has 4 heterocycles. The van der Waals surface area contributed by atoms with E-state index in [2.05, 4.69) is 37.1 Å². The number of carbonyl (C=O) groups excluding carboxylic acids is 2. The molecule has 5 rings (SSSR count). The van der Waals surface area contributed by atoms with E-state index in [0.29, 0.717) is 37.2 Å². The predicted octanol–water partition coefficient (Wildman–Crippen LogP) is 3.46. The van der Waals surface area contributed by atoms with Crippen molar-refractivity contribution in [2.75, 3.05) is 29.9 Å². The van der Waals surface area contributed by atoms with Crippen molar-refractivity contribution in [3.8, 4) is 0 Å². The molecule has 2 aliphatic rings. The SMILES string of the molecule is CC(C)(C)OC(=O)NCCCC(=O)NC1CCN(c2nc(Nc3cc(C4CC4)[nH]n3)n3cccc3n2)CC1. The van der Waals surface area contributed by atoms with Crippen LogP contribution >= 0.6 is 0 Å². The van der Waals surface area contributed by atoms with Gasteiger partial charge in [0.25, 0.3) is 0 Å². The summed E-state index contributed by atoms with van der Waals surface area (Å²) in [5, 5.41) is 16.7. The molecule has 204 valence electrons. The molecule has 1 aliphatic heterocycles. The number of anilines is 3. The Morgan fingerprint density at radius 2 is 1.95 bits per heavy atom. The Hall–Kier alpha value is -3.83. The average molecular weight is 524 g/mol. The second kappa shape index (κ2) is 10.9. The van der Waals surface area contributed by atoms with Gasteiger partial charge in [-0.05, 0) is 65.0 Å². The van der Waals surface area contributed by atoms with E-state index in [1.807, 2.05) is 43.5 Å². The Morgan fingerprint density at radius 1 is 1.16 bits per heavy atom. The van der Waals surface area contributed by atoms with Crippen LogP contribution in [-0.4, -0.2) is 67.8 Å². The zero-order chi connectivity index (χ0) is 26.7. The highest BCUT2D eigenvalue weighted by molar-refractivity contribution is 5.76. The molecule has 38 heavy (non-hydrogen) atoms. The molecular weight excluding hydrogens is 486 g/mol. The Kier molecular flexibility index (Phi) is 7.39. The number of aromatic amines is 1. The number of H-pyrrole nitrogens is 1. The fourth-order valence-electron chi connectivity index (χ4n) is 4.54. The van der Waals surface area contributed by atoms with Crippen molar-refractivity contribution >= 4 is 35.4 Å². The number of amides is 2. The number of carbonyl (C=O) groups is 2. The number of hydrogen-bond donors (Lipinski definition) is 4. The lowest BCUT2D eigenvalue weighted by Crippen LogP contribution is -2.45. The van der Waals surface area contributed by atoms with Gasteiger partial charge in [-0.15, -0.1) is 0 Å². The van der Waals surface area contributed by atoms with Crippen molar-refractivity contribution in [2.24, 2.45) is 0 Å². The molecule has 0 atom stereocenters. The lowest BCUT2D eigenvalue weighted by Gasteiger charge is -2.32. The zero-order valence-electron chi connectivity index (χ0n) is 22.3. The molecule has 0 unspecified atom stereocenters. The van der Waals surface area contributed by atoms with Crippen molar-refractivity contribution in [2.45, 2.75) is 76.9 Å². The third-order valence-electron chi connectivity index (χ3n) is 6.62. The summed E-state index contributed by atoms with van der Waals surface area (Å²) in [4.78, 5) is 35.8. The van der Waals surface area contributed by atoms with E-state index < -0.39 is 11.7 Å². The van der Waals surface area contributed by atoms with Gasteiger partial charge in [-0.1, -0.05) is 0 Å². The molecule has 2 fully saturated rings. The summed E-state index contributed by atoms with van der Waals surface area (Å²) in [5.41, 5.74) is 1.44. The Balaban J connectivity index is 1.10. The van der Waals surface area contributed by atoms with Gasteiger partial charge >= 0.3 is 6.09 Å². The van der Waals surface area contributed by atoms with E-state index in [-0.39, 0.29) is 11.9 Å². The molecule has 1 saturated heterocycles. The first-order valence-electron chi connectivity index (χ1n) is 13.4. The Bertz CT molecular complexity index is 1270. The normalized spacial score (nSPS) is 16.4. The van der Waals surface area contributed by atoms with E-state index in [1.165, 1.54) is 12.8 Å². The number of hydrogen-bond acceptors (Lipinski definition) is 8. The third-order valence-corrected chi connectivity index (χ3v) is 6.62. The summed E-state index contributed by atoms with van der Waals surface area (Å²) >= 11 is 0. The van der Waals surface area contributed by atoms with Gasteiger partial charge in [-0.25, -0.2) is 4.79 Å². The van der Waals surface area contributed by atoms with Crippen molar-refractivity contribution in [3.05, 3.63) is 30.1 Å². The van der Waals surface area contributed by atoms with E-state index in [4.69, 9.17) is 14.7 Å². The maximum absolute atomic E-state index is 12.4. The maximum Gasteiger partial charge on any atom is 0.407 e. The van der Waals surface area contributed by atoms with Crippen molar-refractivity contribution in [3.63, 3.8) is 0 Å². The second-order valence-electron chi connectivity index (χ2n) is 11.1. The van der Waals surface area contributed by atoms with Crippen molar-refractivity contribution < 1.29 is 14.3 Å². The predicted molar refractivity (Wildman–Crippen MR) is 144 cm³/mol. The van der Waals surface area contributed by atoms with Crippen LogP contribution in [0.15, 0.2) is 24.4 Å². The molecule has 0 bridgehead atoms. The van der Waals surface area contributed by atoms with Crippen molar-refractivity contribution in [1.29, 1.82) is 0 Å². The fourth-order valence-corrected chi connectivity index (χ4v) is 4.54. The minimum absolute atomic E-state index is 0.00338. The number of piperidine rings is 1. The third kappa shape index (κ3) is 6.73. The lowest BCUT2D eigenvalue weighted by atomic mass is 10.1. The first kappa shape index (κ1) is 25.8. The van der Waals surface area contributed by atoms with Crippen LogP contribution in [0, 0.1) is 0 Å². The molecule has 3 aromatic rings. The van der Waals surface area contributed by atoms with Crippen LogP contribution in [0.2, 0.25) is 0 Å². The number of ether oxygens (including phenoxy) is 1. The molecular formula is C26H37N9O3. The minimum Gasteiger partial charge on any atom is -0.444 e. The molecule has 2 amide bonds. The fraction of sp³-hybridized carbons (Fsp3) is 0.577. The smallest absolute Gasteiger partial charge is 0.407 e. The van der Waals surface area contributed by atoms with Crippen LogP contribution in [0.3, 0.4) is 0 Å². The molecule has 0 spiro atoms. The second-order valence-corrected chi connectivity index (χ2v) is 11.1. The van der Waals surface area contributed by atoms with Gasteiger partial charge in [-0.3, -0.25) is 14.3 Å². The molecule has 0 aromatic carbocycles. The lowest BCUT2D eigenvalue weighted by molar-refractivity contribution is -0.122. The summed E-state index contributed by atoms with van der Waals surface area (Å²) in [7, 11) is 0. The Morgan fingerprint density at radius 3 is 2.68 bits per heavy atom. The number of alkyl carbamates (subject to hydrolysis) is 1. The van der Waals surface area contributed by atoms with Gasteiger partial charge in [-0.2, -0.15) is 15.1 Å². The summed E-state index contributed by atoms with van der Waals surface area (Å²) in [6, 6.07) is 6.07. The van der Waals surface area contributed by atoms with E-state index in [1.54, 1.807) is 0 Å². The van der Waals surface area contributed by atoms with E-state index in [9.17, 15) is 9.59 Å². The van der Waals surface area contributed by atoms with Crippen LogP contribution in [0.4, 0.5) is 22.5 Å². The van der Waals surface area contributed by atoms with Crippen LogP contribution in [-0.2, 0) is 9.53 Å². The van der Waals surface area contributed by atoms with Gasteiger partial charge in [0.2, 0.25) is 17.8 Å². The standard InChI is InChI=1S/C26H37N9O3/c1-26(2,3)38-25(37)27-12-4-7-22(36)28-18-10-14-34(15-11-18)23-30-21-6-5-13-35(21)24(31-23)29-20-16-19(32-33-20)17-8-9-17/h5-6,13,16-18H,4,7-12,14-15H2,1-3H3,(H,27,37)(H,28,36)(H2,29,30,31,32,33). The van der Waals surface area contributed by atoms with Crippen LogP contribution in [0.25, 0.3) is 5.65 Å². The molecule has 4 N–H and O–H groups in total. The molecule has 0 radical (unpaired) electrons. The van der Waals surface area contributed by atoms with Gasteiger partial charge in [0, 0.05) is 56.0 Å². The van der Waals surface area contributed by atoms with Crippen molar-refractivity contribution in [1.82, 2.24) is 35.2 Å².